The van der Waals surface area contributed by atoms with Crippen molar-refractivity contribution in [3.8, 4) is 0 Å². The summed E-state index contributed by atoms with van der Waals surface area (Å²) in [6, 6.07) is 0. The van der Waals surface area contributed by atoms with Gasteiger partial charge in [-0.15, -0.1) is 0 Å². The molecule has 1 fully saturated rings. The van der Waals surface area contributed by atoms with Gasteiger partial charge < -0.3 is 39.5 Å². The monoisotopic (exact) mass is 969 g/mol. The second kappa shape index (κ2) is 37.1. The number of Topliss-reactive ketones (excluding diaryl/α,β-unsaturated/α-hetero) is 1. The molecule has 0 amide bonds. The molecule has 65 heavy (non-hydrogen) atoms. The van der Waals surface area contributed by atoms with Gasteiger partial charge in [0.2, 0.25) is 0 Å². The van der Waals surface area contributed by atoms with Crippen LogP contribution in [0.1, 0.15) is 188 Å². The first-order valence-electron chi connectivity index (χ1n) is 24.5. The number of esters is 2. The van der Waals surface area contributed by atoms with E-state index in [-0.39, 0.29) is 31.0 Å². The number of ketones is 1. The van der Waals surface area contributed by atoms with Crippen molar-refractivity contribution >= 4 is 33.4 Å². The average molecular weight is 969 g/mol. The minimum absolute atomic E-state index is 0.00655. The van der Waals surface area contributed by atoms with Gasteiger partial charge in [0.05, 0.1) is 32.0 Å². The number of unbranched alkanes of at least 4 members (excludes halogenated alkanes) is 16. The Balaban J connectivity index is 2.51. The Kier molecular flexibility index (Phi) is 35.0. The Morgan fingerprint density at radius 2 is 1.26 bits per heavy atom. The van der Waals surface area contributed by atoms with Gasteiger partial charge in [-0.05, 0) is 38.0 Å². The van der Waals surface area contributed by atoms with E-state index in [1.807, 2.05) is 12.2 Å². The van der Waals surface area contributed by atoms with Crippen LogP contribution in [0.5, 0.6) is 0 Å². The summed E-state index contributed by atoms with van der Waals surface area (Å²) < 4.78 is 47.9. The molecule has 0 saturated heterocycles. The summed E-state index contributed by atoms with van der Waals surface area (Å²) in [6.45, 7) is 3.74. The Hall–Kier alpha value is -1.81. The van der Waals surface area contributed by atoms with Crippen molar-refractivity contribution < 1.29 is 76.6 Å². The van der Waals surface area contributed by atoms with E-state index in [9.17, 15) is 43.7 Å². The van der Waals surface area contributed by atoms with Gasteiger partial charge in [-0.3, -0.25) is 28.0 Å². The molecule has 0 heterocycles. The van der Waals surface area contributed by atoms with Gasteiger partial charge in [-0.25, -0.2) is 9.13 Å². The Labute approximate surface area is 389 Å². The van der Waals surface area contributed by atoms with Gasteiger partial charge in [-0.2, -0.15) is 0 Å². The van der Waals surface area contributed by atoms with Crippen molar-refractivity contribution in [1.29, 1.82) is 0 Å². The van der Waals surface area contributed by atoms with Gasteiger partial charge in [0.1, 0.15) is 18.5 Å². The first-order chi connectivity index (χ1) is 31.0. The number of phosphoric acid groups is 2. The van der Waals surface area contributed by atoms with E-state index >= 15 is 0 Å². The van der Waals surface area contributed by atoms with Gasteiger partial charge in [0.25, 0.3) is 0 Å². The van der Waals surface area contributed by atoms with Crippen molar-refractivity contribution in [2.45, 2.75) is 212 Å². The number of allylic oxidation sites excluding steroid dienone is 3. The predicted octanol–water partition coefficient (Wildman–Crippen LogP) is 9.51. The standard InChI is InChI=1S/C47H86O16P2/c1-4-6-21-27-39(48)31-32-43-42(44(50)33-45(43)51)28-23-19-20-24-29-46(52)59-36-41(37-62-65(57,58)61-35-40(49)34-60-64(54,55)56)63-47(53)30-25-18-16-14-12-10-8-7-9-11-13-15-17-22-26-38(3)5-2/h19,23,31-32,38-44,48-50H,4-18,20-22,24-30,33-37H2,1-3H3,(H,57,58)(H2,54,55,56)/b23-19-,32-31+/t38?,39-,40-,41+,42+,43+,44-/m0/s1. The second-order valence-corrected chi connectivity index (χ2v) is 20.5. The van der Waals surface area contributed by atoms with Crippen LogP contribution in [-0.2, 0) is 46.6 Å². The van der Waals surface area contributed by atoms with Crippen molar-refractivity contribution in [2.75, 3.05) is 26.4 Å². The highest BCUT2D eigenvalue weighted by atomic mass is 31.2. The normalized spacial score (nSPS) is 19.7. The summed E-state index contributed by atoms with van der Waals surface area (Å²) in [5, 5.41) is 30.5. The number of hydrogen-bond donors (Lipinski definition) is 6. The van der Waals surface area contributed by atoms with Crippen molar-refractivity contribution in [3.63, 3.8) is 0 Å². The molecular weight excluding hydrogens is 882 g/mol. The lowest BCUT2D eigenvalue weighted by atomic mass is 9.90. The fourth-order valence-corrected chi connectivity index (χ4v) is 8.70. The number of carbonyl (C=O) groups is 3. The highest BCUT2D eigenvalue weighted by molar-refractivity contribution is 7.47. The summed E-state index contributed by atoms with van der Waals surface area (Å²) in [4.78, 5) is 65.6. The first-order valence-corrected chi connectivity index (χ1v) is 27.6. The first kappa shape index (κ1) is 61.2. The van der Waals surface area contributed by atoms with Gasteiger partial charge in [0.15, 0.2) is 6.10 Å². The highest BCUT2D eigenvalue weighted by Gasteiger charge is 2.39. The molecule has 0 aromatic rings. The zero-order chi connectivity index (χ0) is 48.4. The summed E-state index contributed by atoms with van der Waals surface area (Å²) in [6.07, 6.45) is 26.7. The molecule has 0 radical (unpaired) electrons. The third-order valence-corrected chi connectivity index (χ3v) is 13.2. The van der Waals surface area contributed by atoms with Crippen LogP contribution in [-0.4, -0.2) is 98.6 Å². The van der Waals surface area contributed by atoms with Crippen LogP contribution in [0, 0.1) is 17.8 Å². The van der Waals surface area contributed by atoms with E-state index in [2.05, 4.69) is 29.8 Å². The van der Waals surface area contributed by atoms with Crippen LogP contribution >= 0.6 is 15.6 Å². The van der Waals surface area contributed by atoms with E-state index in [4.69, 9.17) is 23.8 Å². The lowest BCUT2D eigenvalue weighted by Crippen LogP contribution is -2.30. The molecule has 0 aliphatic heterocycles. The summed E-state index contributed by atoms with van der Waals surface area (Å²) >= 11 is 0. The molecule has 8 atom stereocenters. The van der Waals surface area contributed by atoms with E-state index in [1.54, 1.807) is 12.2 Å². The summed E-state index contributed by atoms with van der Waals surface area (Å²) in [7, 11) is -9.77. The minimum Gasteiger partial charge on any atom is -0.462 e. The molecule has 18 heteroatoms. The zero-order valence-electron chi connectivity index (χ0n) is 39.7. The van der Waals surface area contributed by atoms with Crippen LogP contribution in [0.2, 0.25) is 0 Å². The molecule has 0 aromatic carbocycles. The SMILES string of the molecule is CCCCC[C@H](O)/C=C/[C@H]1C(=O)C[C@H](O)[C@@H]1C/C=C\CCCC(=O)OC[C@H](COP(=O)(O)OC[C@@H](O)COP(=O)(O)O)OC(=O)CCCCCCCCCCCCCCCCC(C)CC. The Morgan fingerprint density at radius 1 is 0.708 bits per heavy atom. The minimum atomic E-state index is -4.90. The number of hydrogen-bond acceptors (Lipinski definition) is 13. The van der Waals surface area contributed by atoms with E-state index in [0.717, 1.165) is 50.9 Å². The quantitative estimate of drug-likeness (QED) is 0.0144. The molecule has 1 aliphatic carbocycles. The highest BCUT2D eigenvalue weighted by Crippen LogP contribution is 2.44. The van der Waals surface area contributed by atoms with Crippen LogP contribution in [0.25, 0.3) is 0 Å². The number of carbonyl (C=O) groups excluding carboxylic acids is 3. The number of aliphatic hydroxyl groups excluding tert-OH is 3. The van der Waals surface area contributed by atoms with Crippen LogP contribution in [0.15, 0.2) is 24.3 Å². The van der Waals surface area contributed by atoms with Gasteiger partial charge in [0, 0.05) is 31.1 Å². The molecule has 16 nitrogen and oxygen atoms in total. The number of rotatable bonds is 42. The van der Waals surface area contributed by atoms with Gasteiger partial charge >= 0.3 is 27.6 Å². The van der Waals surface area contributed by atoms with E-state index in [0.29, 0.717) is 32.1 Å². The molecule has 1 aliphatic rings. The lowest BCUT2D eigenvalue weighted by Gasteiger charge is -2.20. The predicted molar refractivity (Wildman–Crippen MR) is 249 cm³/mol. The smallest absolute Gasteiger partial charge is 0.462 e. The molecular formula is C47H86O16P2. The number of ether oxygens (including phenoxy) is 2. The van der Waals surface area contributed by atoms with Crippen LogP contribution in [0.3, 0.4) is 0 Å². The number of phosphoric ester groups is 2. The van der Waals surface area contributed by atoms with E-state index in [1.165, 1.54) is 70.6 Å². The van der Waals surface area contributed by atoms with Crippen molar-refractivity contribution in [3.05, 3.63) is 24.3 Å². The molecule has 0 bridgehead atoms. The van der Waals surface area contributed by atoms with Crippen LogP contribution in [0.4, 0.5) is 0 Å². The molecule has 1 rings (SSSR count). The topological polar surface area (TPSA) is 253 Å². The second-order valence-electron chi connectivity index (χ2n) is 17.8. The Morgan fingerprint density at radius 3 is 1.86 bits per heavy atom. The maximum Gasteiger partial charge on any atom is 0.472 e. The molecule has 380 valence electrons. The fraction of sp³-hybridized carbons (Fsp3) is 0.851. The molecule has 1 saturated carbocycles. The largest absolute Gasteiger partial charge is 0.472 e. The maximum atomic E-state index is 12.8. The third-order valence-electron chi connectivity index (χ3n) is 11.8. The lowest BCUT2D eigenvalue weighted by molar-refractivity contribution is -0.161. The van der Waals surface area contributed by atoms with E-state index < -0.39 is 84.3 Å². The molecule has 0 aromatic heterocycles. The van der Waals surface area contributed by atoms with Crippen molar-refractivity contribution in [2.24, 2.45) is 17.8 Å². The summed E-state index contributed by atoms with van der Waals surface area (Å²) in [5.74, 6) is -1.23. The third kappa shape index (κ3) is 34.2. The summed E-state index contributed by atoms with van der Waals surface area (Å²) in [5.41, 5.74) is 0. The zero-order valence-corrected chi connectivity index (χ0v) is 41.5. The Bertz CT molecular complexity index is 1420. The number of aliphatic hydroxyl groups is 3. The average Bonchev–Trinajstić information content (AvgIpc) is 3.53. The van der Waals surface area contributed by atoms with Crippen LogP contribution < -0.4 is 0 Å². The maximum absolute atomic E-state index is 12.8. The molecule has 0 spiro atoms. The molecule has 6 N–H and O–H groups in total. The van der Waals surface area contributed by atoms with Gasteiger partial charge in [-0.1, -0.05) is 161 Å². The molecule has 2 unspecified atom stereocenters. The van der Waals surface area contributed by atoms with Crippen molar-refractivity contribution in [1.82, 2.24) is 0 Å². The fourth-order valence-electron chi connectivity index (χ4n) is 7.54.